The minimum absolute atomic E-state index is 0.131. The topological polar surface area (TPSA) is 75.1 Å². The van der Waals surface area contributed by atoms with E-state index < -0.39 is 5.97 Å². The molecule has 2 aromatic heterocycles. The summed E-state index contributed by atoms with van der Waals surface area (Å²) in [5, 5.41) is 9.35. The van der Waals surface area contributed by atoms with E-state index in [4.69, 9.17) is 0 Å². The predicted octanol–water partition coefficient (Wildman–Crippen LogP) is 3.01. The molecule has 0 radical (unpaired) electrons. The van der Waals surface area contributed by atoms with Crippen molar-refractivity contribution in [3.63, 3.8) is 0 Å². The molecule has 2 N–H and O–H groups in total. The summed E-state index contributed by atoms with van der Waals surface area (Å²) in [4.78, 5) is 28.6. The van der Waals surface area contributed by atoms with Gasteiger partial charge in [0.15, 0.2) is 0 Å². The SMILES string of the molecule is Cc1ccc(C(C)n2c(=O)[nH]c3cccc(C(=O)O)c32)s1. The number of nitrogens with one attached hydrogen (secondary N) is 1. The molecular formula is C15H14N2O3S. The van der Waals surface area contributed by atoms with Crippen LogP contribution < -0.4 is 5.69 Å². The fourth-order valence-corrected chi connectivity index (χ4v) is 3.45. The van der Waals surface area contributed by atoms with Crippen LogP contribution in [0.15, 0.2) is 35.1 Å². The fourth-order valence-electron chi connectivity index (χ4n) is 2.53. The Morgan fingerprint density at radius 3 is 2.71 bits per heavy atom. The van der Waals surface area contributed by atoms with Gasteiger partial charge >= 0.3 is 11.7 Å². The van der Waals surface area contributed by atoms with Gasteiger partial charge in [0.1, 0.15) is 0 Å². The Balaban J connectivity index is 2.29. The summed E-state index contributed by atoms with van der Waals surface area (Å²) in [6, 6.07) is 8.61. The third-order valence-corrected chi connectivity index (χ3v) is 4.70. The van der Waals surface area contributed by atoms with Gasteiger partial charge in [-0.3, -0.25) is 4.57 Å². The number of aromatic carboxylic acids is 1. The highest BCUT2D eigenvalue weighted by atomic mass is 32.1. The number of aromatic nitrogens is 2. The molecule has 108 valence electrons. The van der Waals surface area contributed by atoms with Gasteiger partial charge in [0.2, 0.25) is 0 Å². The smallest absolute Gasteiger partial charge is 0.337 e. The maximum Gasteiger partial charge on any atom is 0.337 e. The van der Waals surface area contributed by atoms with E-state index >= 15 is 0 Å². The van der Waals surface area contributed by atoms with Crippen molar-refractivity contribution in [2.45, 2.75) is 19.9 Å². The first-order valence-electron chi connectivity index (χ1n) is 6.52. The average molecular weight is 302 g/mol. The maximum absolute atomic E-state index is 12.3. The third-order valence-electron chi connectivity index (χ3n) is 3.53. The number of aromatic amines is 1. The van der Waals surface area contributed by atoms with Crippen LogP contribution in [0.5, 0.6) is 0 Å². The Labute approximate surface area is 124 Å². The van der Waals surface area contributed by atoms with E-state index in [-0.39, 0.29) is 17.3 Å². The number of fused-ring (bicyclic) bond motifs is 1. The number of H-pyrrole nitrogens is 1. The summed E-state index contributed by atoms with van der Waals surface area (Å²) in [7, 11) is 0. The van der Waals surface area contributed by atoms with Gasteiger partial charge in [-0.05, 0) is 38.1 Å². The number of carboxylic acid groups (broad SMARTS) is 1. The molecule has 0 fully saturated rings. The molecular weight excluding hydrogens is 288 g/mol. The highest BCUT2D eigenvalue weighted by Crippen LogP contribution is 2.28. The van der Waals surface area contributed by atoms with E-state index in [2.05, 4.69) is 4.98 Å². The molecule has 1 unspecified atom stereocenters. The normalized spacial score (nSPS) is 12.7. The van der Waals surface area contributed by atoms with Gasteiger partial charge in [-0.25, -0.2) is 9.59 Å². The number of imidazole rings is 1. The molecule has 0 spiro atoms. The van der Waals surface area contributed by atoms with Crippen LogP contribution in [0.4, 0.5) is 0 Å². The van der Waals surface area contributed by atoms with Crippen molar-refractivity contribution in [3.8, 4) is 0 Å². The molecule has 5 nitrogen and oxygen atoms in total. The lowest BCUT2D eigenvalue weighted by molar-refractivity contribution is 0.0698. The Morgan fingerprint density at radius 2 is 2.10 bits per heavy atom. The molecule has 3 rings (SSSR count). The van der Waals surface area contributed by atoms with Crippen molar-refractivity contribution in [1.29, 1.82) is 0 Å². The predicted molar refractivity (Wildman–Crippen MR) is 82.4 cm³/mol. The molecule has 6 heteroatoms. The summed E-state index contributed by atoms with van der Waals surface area (Å²) in [6.45, 7) is 3.90. The molecule has 21 heavy (non-hydrogen) atoms. The fraction of sp³-hybridized carbons (Fsp3) is 0.200. The summed E-state index contributed by atoms with van der Waals surface area (Å²) < 4.78 is 1.52. The minimum atomic E-state index is -1.04. The number of carboxylic acids is 1. The lowest BCUT2D eigenvalue weighted by Gasteiger charge is -2.12. The highest BCUT2D eigenvalue weighted by Gasteiger charge is 2.20. The molecule has 0 aliphatic carbocycles. The number of thiophene rings is 1. The number of para-hydroxylation sites is 1. The molecule has 0 amide bonds. The molecule has 0 aliphatic heterocycles. The molecule has 1 aromatic carbocycles. The van der Waals surface area contributed by atoms with E-state index in [0.717, 1.165) is 9.75 Å². The van der Waals surface area contributed by atoms with Gasteiger partial charge in [-0.15, -0.1) is 11.3 Å². The first kappa shape index (κ1) is 13.6. The zero-order valence-electron chi connectivity index (χ0n) is 11.6. The van der Waals surface area contributed by atoms with Gasteiger partial charge < -0.3 is 10.1 Å². The van der Waals surface area contributed by atoms with Gasteiger partial charge in [0.25, 0.3) is 0 Å². The quantitative estimate of drug-likeness (QED) is 0.781. The number of carbonyl (C=O) groups is 1. The maximum atomic E-state index is 12.3. The largest absolute Gasteiger partial charge is 0.478 e. The van der Waals surface area contributed by atoms with E-state index in [1.54, 1.807) is 23.5 Å². The average Bonchev–Trinajstić information content (AvgIpc) is 3.00. The van der Waals surface area contributed by atoms with Gasteiger partial charge in [0.05, 0.1) is 22.6 Å². The number of aryl methyl sites for hydroxylation is 1. The van der Waals surface area contributed by atoms with Crippen molar-refractivity contribution in [1.82, 2.24) is 9.55 Å². The highest BCUT2D eigenvalue weighted by molar-refractivity contribution is 7.12. The molecule has 0 aliphatic rings. The van der Waals surface area contributed by atoms with Crippen LogP contribution in [0.2, 0.25) is 0 Å². The van der Waals surface area contributed by atoms with Crippen molar-refractivity contribution >= 4 is 28.3 Å². The lowest BCUT2D eigenvalue weighted by Crippen LogP contribution is -2.21. The van der Waals surface area contributed by atoms with Crippen LogP contribution in [0.1, 0.15) is 33.1 Å². The Hall–Kier alpha value is -2.34. The number of nitrogens with zero attached hydrogens (tertiary/aromatic N) is 1. The second kappa shape index (κ2) is 4.89. The van der Waals surface area contributed by atoms with Crippen molar-refractivity contribution in [2.75, 3.05) is 0 Å². The van der Waals surface area contributed by atoms with Gasteiger partial charge in [-0.1, -0.05) is 6.07 Å². The lowest BCUT2D eigenvalue weighted by atomic mass is 10.1. The Morgan fingerprint density at radius 1 is 1.33 bits per heavy atom. The van der Waals surface area contributed by atoms with Crippen LogP contribution in [-0.4, -0.2) is 20.6 Å². The van der Waals surface area contributed by atoms with E-state index in [1.165, 1.54) is 10.6 Å². The second-order valence-electron chi connectivity index (χ2n) is 4.93. The Bertz CT molecular complexity index is 888. The number of benzene rings is 1. The van der Waals surface area contributed by atoms with Crippen LogP contribution in [-0.2, 0) is 0 Å². The van der Waals surface area contributed by atoms with Crippen molar-refractivity contribution < 1.29 is 9.90 Å². The van der Waals surface area contributed by atoms with Gasteiger partial charge in [-0.2, -0.15) is 0 Å². The van der Waals surface area contributed by atoms with Crippen LogP contribution in [0.3, 0.4) is 0 Å². The van der Waals surface area contributed by atoms with Crippen LogP contribution in [0, 0.1) is 6.92 Å². The first-order chi connectivity index (χ1) is 9.99. The molecule has 0 saturated carbocycles. The summed E-state index contributed by atoms with van der Waals surface area (Å²) in [5.74, 6) is -1.04. The van der Waals surface area contributed by atoms with Crippen LogP contribution >= 0.6 is 11.3 Å². The molecule has 0 saturated heterocycles. The molecule has 2 heterocycles. The first-order valence-corrected chi connectivity index (χ1v) is 7.33. The number of rotatable bonds is 3. The van der Waals surface area contributed by atoms with Gasteiger partial charge in [0, 0.05) is 9.75 Å². The van der Waals surface area contributed by atoms with Crippen LogP contribution in [0.25, 0.3) is 11.0 Å². The van der Waals surface area contributed by atoms with Crippen molar-refractivity contribution in [3.05, 3.63) is 56.1 Å². The standard InChI is InChI=1S/C15H14N2O3S/c1-8-6-7-12(21-8)9(2)17-13-10(14(18)19)4-3-5-11(13)16-15(17)20/h3-7,9H,1-2H3,(H,16,20)(H,18,19). The zero-order valence-corrected chi connectivity index (χ0v) is 12.4. The molecule has 3 aromatic rings. The monoisotopic (exact) mass is 302 g/mol. The summed E-state index contributed by atoms with van der Waals surface area (Å²) >= 11 is 1.60. The number of hydrogen-bond donors (Lipinski definition) is 2. The summed E-state index contributed by atoms with van der Waals surface area (Å²) in [6.07, 6.45) is 0. The Kier molecular flexibility index (Phi) is 3.17. The second-order valence-corrected chi connectivity index (χ2v) is 6.25. The van der Waals surface area contributed by atoms with E-state index in [0.29, 0.717) is 11.0 Å². The minimum Gasteiger partial charge on any atom is -0.478 e. The van der Waals surface area contributed by atoms with E-state index in [9.17, 15) is 14.7 Å². The summed E-state index contributed by atoms with van der Waals surface area (Å²) in [5.41, 5.74) is 0.816. The number of hydrogen-bond acceptors (Lipinski definition) is 3. The van der Waals surface area contributed by atoms with Crippen molar-refractivity contribution in [2.24, 2.45) is 0 Å². The van der Waals surface area contributed by atoms with E-state index in [1.807, 2.05) is 26.0 Å². The third kappa shape index (κ3) is 2.17. The zero-order chi connectivity index (χ0) is 15.1. The molecule has 0 bridgehead atoms. The molecule has 1 atom stereocenters.